The van der Waals surface area contributed by atoms with Crippen molar-refractivity contribution >= 4 is 45.2 Å². The molecular formula is C12H12I2N2. The summed E-state index contributed by atoms with van der Waals surface area (Å²) in [6.45, 7) is 6.28. The van der Waals surface area contributed by atoms with E-state index in [1.165, 1.54) is 18.5 Å². The van der Waals surface area contributed by atoms with Gasteiger partial charge in [-0.15, -0.1) is 0 Å². The number of pyridine rings is 1. The van der Waals surface area contributed by atoms with Crippen LogP contribution in [-0.4, -0.2) is 9.55 Å². The molecule has 0 atom stereocenters. The van der Waals surface area contributed by atoms with Gasteiger partial charge in [-0.25, -0.2) is 4.98 Å². The highest BCUT2D eigenvalue weighted by molar-refractivity contribution is 14.1. The minimum Gasteiger partial charge on any atom is -0.293 e. The molecule has 0 spiro atoms. The van der Waals surface area contributed by atoms with E-state index in [4.69, 9.17) is 0 Å². The van der Waals surface area contributed by atoms with Gasteiger partial charge in [0.2, 0.25) is 0 Å². The van der Waals surface area contributed by atoms with Crippen LogP contribution in [0.4, 0.5) is 0 Å². The van der Waals surface area contributed by atoms with Crippen LogP contribution in [0.15, 0.2) is 18.2 Å². The molecule has 0 aromatic carbocycles. The fourth-order valence-electron chi connectivity index (χ4n) is 1.59. The van der Waals surface area contributed by atoms with Gasteiger partial charge in [-0.3, -0.25) is 4.57 Å². The van der Waals surface area contributed by atoms with Crippen LogP contribution in [-0.2, 0) is 0 Å². The zero-order valence-electron chi connectivity index (χ0n) is 9.38. The molecule has 0 unspecified atom stereocenters. The van der Waals surface area contributed by atoms with Crippen molar-refractivity contribution < 1.29 is 0 Å². The lowest BCUT2D eigenvalue weighted by Crippen LogP contribution is -2.04. The van der Waals surface area contributed by atoms with Crippen molar-refractivity contribution in [1.29, 1.82) is 0 Å². The van der Waals surface area contributed by atoms with Crippen molar-refractivity contribution in [3.63, 3.8) is 0 Å². The Morgan fingerprint density at radius 2 is 1.81 bits per heavy atom. The first kappa shape index (κ1) is 12.3. The Kier molecular flexibility index (Phi) is 3.58. The van der Waals surface area contributed by atoms with Crippen LogP contribution in [0.1, 0.15) is 17.0 Å². The van der Waals surface area contributed by atoms with E-state index in [2.05, 4.69) is 93.7 Å². The summed E-state index contributed by atoms with van der Waals surface area (Å²) in [5.74, 6) is 1.01. The summed E-state index contributed by atoms with van der Waals surface area (Å²) in [6.07, 6.45) is 0. The highest BCUT2D eigenvalue weighted by Crippen LogP contribution is 2.21. The first-order chi connectivity index (χ1) is 7.50. The number of aryl methyl sites for hydroxylation is 2. The summed E-state index contributed by atoms with van der Waals surface area (Å²) in [5.41, 5.74) is 3.59. The van der Waals surface area contributed by atoms with Gasteiger partial charge in [0.1, 0.15) is 5.82 Å². The molecule has 2 aromatic heterocycles. The number of hydrogen-bond donors (Lipinski definition) is 0. The molecule has 2 rings (SSSR count). The molecule has 0 amide bonds. The minimum absolute atomic E-state index is 1.01. The number of aromatic nitrogens is 2. The lowest BCUT2D eigenvalue weighted by atomic mass is 10.2. The van der Waals surface area contributed by atoms with Crippen molar-refractivity contribution in [2.45, 2.75) is 20.8 Å². The fourth-order valence-corrected chi connectivity index (χ4v) is 3.07. The number of nitrogens with zero attached hydrogens (tertiary/aromatic N) is 2. The quantitative estimate of drug-likeness (QED) is 0.616. The van der Waals surface area contributed by atoms with Crippen molar-refractivity contribution in [3.8, 4) is 5.82 Å². The maximum atomic E-state index is 4.65. The van der Waals surface area contributed by atoms with Crippen LogP contribution < -0.4 is 0 Å². The molecule has 0 aliphatic carbocycles. The van der Waals surface area contributed by atoms with E-state index in [0.29, 0.717) is 0 Å². The van der Waals surface area contributed by atoms with Crippen LogP contribution in [0, 0.1) is 28.0 Å². The van der Waals surface area contributed by atoms with E-state index in [1.54, 1.807) is 0 Å². The van der Waals surface area contributed by atoms with Crippen LogP contribution in [0.2, 0.25) is 0 Å². The third kappa shape index (κ3) is 2.13. The van der Waals surface area contributed by atoms with Crippen molar-refractivity contribution in [2.75, 3.05) is 0 Å². The summed E-state index contributed by atoms with van der Waals surface area (Å²) in [5, 5.41) is 0. The monoisotopic (exact) mass is 438 g/mol. The van der Waals surface area contributed by atoms with Gasteiger partial charge in [-0.2, -0.15) is 0 Å². The smallest absolute Gasteiger partial charge is 0.138 e. The van der Waals surface area contributed by atoms with E-state index in [9.17, 15) is 0 Å². The van der Waals surface area contributed by atoms with Crippen LogP contribution >= 0.6 is 45.2 Å². The van der Waals surface area contributed by atoms with E-state index in [1.807, 2.05) is 0 Å². The molecule has 0 bridgehead atoms. The molecule has 0 saturated carbocycles. The number of hydrogen-bond acceptors (Lipinski definition) is 1. The molecule has 16 heavy (non-hydrogen) atoms. The maximum absolute atomic E-state index is 4.65. The summed E-state index contributed by atoms with van der Waals surface area (Å²) in [6, 6.07) is 6.36. The average Bonchev–Trinajstić information content (AvgIpc) is 2.54. The molecule has 84 valence electrons. The van der Waals surface area contributed by atoms with E-state index < -0.39 is 0 Å². The van der Waals surface area contributed by atoms with Gasteiger partial charge in [0.15, 0.2) is 0 Å². The zero-order valence-corrected chi connectivity index (χ0v) is 13.7. The van der Waals surface area contributed by atoms with Gasteiger partial charge in [0.25, 0.3) is 0 Å². The average molecular weight is 438 g/mol. The SMILES string of the molecule is Cc1nc(-n2c(C)ccc2I)cc(I)c1C. The Bertz CT molecular complexity index is 501. The summed E-state index contributed by atoms with van der Waals surface area (Å²) in [7, 11) is 0. The van der Waals surface area contributed by atoms with E-state index >= 15 is 0 Å². The lowest BCUT2D eigenvalue weighted by Gasteiger charge is -2.11. The fraction of sp³-hybridized carbons (Fsp3) is 0.250. The molecule has 4 heteroatoms. The van der Waals surface area contributed by atoms with Crippen LogP contribution in [0.5, 0.6) is 0 Å². The molecule has 0 aliphatic heterocycles. The molecule has 0 saturated heterocycles. The Balaban J connectivity index is 2.66. The largest absolute Gasteiger partial charge is 0.293 e. The molecule has 0 aliphatic rings. The first-order valence-electron chi connectivity index (χ1n) is 4.98. The van der Waals surface area contributed by atoms with Gasteiger partial charge in [0, 0.05) is 15.0 Å². The van der Waals surface area contributed by atoms with Gasteiger partial charge < -0.3 is 0 Å². The first-order valence-corrected chi connectivity index (χ1v) is 7.14. The molecule has 0 N–H and O–H groups in total. The Morgan fingerprint density at radius 3 is 2.31 bits per heavy atom. The molecule has 2 heterocycles. The summed E-state index contributed by atoms with van der Waals surface area (Å²) in [4.78, 5) is 4.65. The van der Waals surface area contributed by atoms with Gasteiger partial charge in [-0.05, 0) is 89.7 Å². The summed E-state index contributed by atoms with van der Waals surface area (Å²) < 4.78 is 4.64. The second kappa shape index (κ2) is 4.64. The third-order valence-electron chi connectivity index (χ3n) is 2.70. The second-order valence-corrected chi connectivity index (χ2v) is 6.07. The van der Waals surface area contributed by atoms with Gasteiger partial charge in [-0.1, -0.05) is 0 Å². The zero-order chi connectivity index (χ0) is 11.9. The predicted octanol–water partition coefficient (Wildman–Crippen LogP) is 4.01. The number of halogens is 2. The minimum atomic E-state index is 1.01. The Labute approximate surface area is 123 Å². The van der Waals surface area contributed by atoms with Crippen molar-refractivity contribution in [3.05, 3.63) is 42.4 Å². The second-order valence-electron chi connectivity index (χ2n) is 3.81. The molecule has 2 nitrogen and oxygen atoms in total. The molecule has 0 radical (unpaired) electrons. The Hall–Kier alpha value is -0.110. The van der Waals surface area contributed by atoms with Crippen molar-refractivity contribution in [2.24, 2.45) is 0 Å². The highest BCUT2D eigenvalue weighted by atomic mass is 127. The predicted molar refractivity (Wildman–Crippen MR) is 83.2 cm³/mol. The Morgan fingerprint density at radius 1 is 1.12 bits per heavy atom. The normalized spacial score (nSPS) is 10.8. The maximum Gasteiger partial charge on any atom is 0.138 e. The van der Waals surface area contributed by atoms with Gasteiger partial charge >= 0.3 is 0 Å². The highest BCUT2D eigenvalue weighted by Gasteiger charge is 2.09. The summed E-state index contributed by atoms with van der Waals surface area (Å²) >= 11 is 4.71. The third-order valence-corrected chi connectivity index (χ3v) is 4.66. The van der Waals surface area contributed by atoms with E-state index in [0.717, 1.165) is 11.5 Å². The van der Waals surface area contributed by atoms with Gasteiger partial charge in [0.05, 0.1) is 3.70 Å². The topological polar surface area (TPSA) is 17.8 Å². The lowest BCUT2D eigenvalue weighted by molar-refractivity contribution is 0.918. The molecule has 2 aromatic rings. The number of rotatable bonds is 1. The van der Waals surface area contributed by atoms with Crippen LogP contribution in [0.3, 0.4) is 0 Å². The molecule has 0 fully saturated rings. The van der Waals surface area contributed by atoms with E-state index in [-0.39, 0.29) is 0 Å². The molecular weight excluding hydrogens is 426 g/mol. The van der Waals surface area contributed by atoms with Crippen LogP contribution in [0.25, 0.3) is 5.82 Å². The van der Waals surface area contributed by atoms with Crippen molar-refractivity contribution in [1.82, 2.24) is 9.55 Å². The standard InChI is InChI=1S/C12H12I2N2/c1-7-4-5-11(14)16(7)12-6-10(13)8(2)9(3)15-12/h4-6H,1-3H3.